The Morgan fingerprint density at radius 3 is 1.96 bits per heavy atom. The van der Waals surface area contributed by atoms with Gasteiger partial charge >= 0.3 is 6.09 Å². The largest absolute Gasteiger partial charge is 0.444 e. The molecule has 0 spiro atoms. The average Bonchev–Trinajstić information content (AvgIpc) is 2.39. The minimum absolute atomic E-state index is 0.000883. The molecule has 2 atom stereocenters. The zero-order chi connectivity index (χ0) is 21.7. The van der Waals surface area contributed by atoms with Crippen LogP contribution in [0.15, 0.2) is 0 Å². The Morgan fingerprint density at radius 1 is 1.07 bits per heavy atom. The minimum Gasteiger partial charge on any atom is -0.444 e. The van der Waals surface area contributed by atoms with Crippen LogP contribution in [0.25, 0.3) is 0 Å². The molecule has 0 radical (unpaired) electrons. The highest BCUT2D eigenvalue weighted by Crippen LogP contribution is 2.37. The van der Waals surface area contributed by atoms with E-state index in [1.54, 1.807) is 0 Å². The smallest absolute Gasteiger partial charge is 0.407 e. The molecule has 0 aromatic carbocycles. The lowest BCUT2D eigenvalue weighted by Crippen LogP contribution is -2.53. The molecule has 7 heteroatoms. The summed E-state index contributed by atoms with van der Waals surface area (Å²) < 4.78 is 11.8. The van der Waals surface area contributed by atoms with Gasteiger partial charge in [0.25, 0.3) is 0 Å². The van der Waals surface area contributed by atoms with Crippen molar-refractivity contribution in [3.63, 3.8) is 0 Å². The first-order valence-corrected chi connectivity index (χ1v) is 16.1. The van der Waals surface area contributed by atoms with Crippen LogP contribution < -0.4 is 5.32 Å². The molecule has 0 aliphatic carbocycles. The van der Waals surface area contributed by atoms with E-state index in [1.807, 2.05) is 20.8 Å². The van der Waals surface area contributed by atoms with E-state index >= 15 is 0 Å². The summed E-state index contributed by atoms with van der Waals surface area (Å²) in [6.07, 6.45) is -0.613. The first kappa shape index (κ1) is 26.2. The number of amides is 1. The number of carbonyl (C=O) groups excluding carboxylic acids is 1. The number of hydrogen-bond acceptors (Lipinski definition) is 4. The standard InChI is InChI=1S/C20H41NO4Si2/c1-19(2,3)24-18(23)21-16(13-12-14-26(7,8)9)17(15-22)25-27(10,11)20(4,5)6/h16-17,22H,13,15H2,1-11H3,(H,21,23)/t16-,17-/m0/s1. The number of aliphatic hydroxyl groups excluding tert-OH is 1. The number of carbonyl (C=O) groups is 1. The van der Waals surface area contributed by atoms with Crippen LogP contribution in [0.3, 0.4) is 0 Å². The molecule has 0 saturated heterocycles. The molecular formula is C20H41NO4Si2. The second-order valence-corrected chi connectivity index (χ2v) is 20.1. The maximum atomic E-state index is 12.3. The monoisotopic (exact) mass is 415 g/mol. The van der Waals surface area contributed by atoms with Gasteiger partial charge in [-0.15, -0.1) is 11.5 Å². The molecule has 0 aromatic rings. The van der Waals surface area contributed by atoms with E-state index in [1.165, 1.54) is 0 Å². The summed E-state index contributed by atoms with van der Waals surface area (Å²) in [7, 11) is -3.64. The Balaban J connectivity index is 5.50. The van der Waals surface area contributed by atoms with Crippen molar-refractivity contribution in [1.82, 2.24) is 5.32 Å². The summed E-state index contributed by atoms with van der Waals surface area (Å²) in [5, 5.41) is 12.9. The summed E-state index contributed by atoms with van der Waals surface area (Å²) >= 11 is 0. The molecule has 158 valence electrons. The van der Waals surface area contributed by atoms with Crippen molar-refractivity contribution in [2.45, 2.75) is 103 Å². The predicted molar refractivity (Wildman–Crippen MR) is 118 cm³/mol. The molecule has 0 aromatic heterocycles. The van der Waals surface area contributed by atoms with E-state index in [0.717, 1.165) is 0 Å². The van der Waals surface area contributed by atoms with Gasteiger partial charge in [-0.05, 0) is 38.9 Å². The number of aliphatic hydroxyl groups is 1. The normalized spacial score (nSPS) is 15.4. The molecule has 1 amide bonds. The summed E-state index contributed by atoms with van der Waals surface area (Å²) in [6, 6.07) is -0.428. The van der Waals surface area contributed by atoms with Crippen molar-refractivity contribution in [3.05, 3.63) is 0 Å². The third-order valence-corrected chi connectivity index (χ3v) is 9.80. The highest BCUT2D eigenvalue weighted by atomic mass is 28.4. The van der Waals surface area contributed by atoms with Gasteiger partial charge in [0.1, 0.15) is 13.7 Å². The number of nitrogens with one attached hydrogen (secondary N) is 1. The molecule has 0 bridgehead atoms. The zero-order valence-electron chi connectivity index (χ0n) is 19.2. The molecule has 0 saturated carbocycles. The lowest BCUT2D eigenvalue weighted by molar-refractivity contribution is 0.0357. The van der Waals surface area contributed by atoms with E-state index in [9.17, 15) is 9.90 Å². The van der Waals surface area contributed by atoms with Crippen LogP contribution in [-0.4, -0.2) is 51.9 Å². The third-order valence-electron chi connectivity index (χ3n) is 4.37. The average molecular weight is 416 g/mol. The van der Waals surface area contributed by atoms with Crippen LogP contribution in [0, 0.1) is 11.5 Å². The van der Waals surface area contributed by atoms with E-state index in [4.69, 9.17) is 9.16 Å². The van der Waals surface area contributed by atoms with Crippen molar-refractivity contribution in [3.8, 4) is 11.5 Å². The van der Waals surface area contributed by atoms with Crippen molar-refractivity contribution in [1.29, 1.82) is 0 Å². The number of hydrogen-bond donors (Lipinski definition) is 2. The third kappa shape index (κ3) is 10.9. The van der Waals surface area contributed by atoms with Crippen LogP contribution in [-0.2, 0) is 9.16 Å². The molecule has 0 aliphatic rings. The molecule has 2 N–H and O–H groups in total. The summed E-state index contributed by atoms with van der Waals surface area (Å²) in [5.41, 5.74) is 2.73. The Morgan fingerprint density at radius 2 is 1.59 bits per heavy atom. The zero-order valence-corrected chi connectivity index (χ0v) is 21.2. The number of ether oxygens (including phenoxy) is 1. The van der Waals surface area contributed by atoms with Gasteiger partial charge in [0.15, 0.2) is 8.32 Å². The first-order chi connectivity index (χ1) is 11.9. The SMILES string of the molecule is CC(C)(C)OC(=O)N[C@@H](CC#C[Si](C)(C)C)[C@H](CO)O[Si](C)(C)C(C)(C)C. The van der Waals surface area contributed by atoms with E-state index in [0.29, 0.717) is 6.42 Å². The second kappa shape index (κ2) is 9.59. The van der Waals surface area contributed by atoms with Gasteiger partial charge in [-0.3, -0.25) is 0 Å². The van der Waals surface area contributed by atoms with Gasteiger partial charge in [0, 0.05) is 6.42 Å². The Hall–Kier alpha value is -0.816. The summed E-state index contributed by atoms with van der Waals surface area (Å²) in [5.74, 6) is 3.20. The van der Waals surface area contributed by atoms with Gasteiger partial charge < -0.3 is 19.6 Å². The maximum Gasteiger partial charge on any atom is 0.407 e. The first-order valence-electron chi connectivity index (χ1n) is 9.66. The molecule has 27 heavy (non-hydrogen) atoms. The maximum absolute atomic E-state index is 12.3. The van der Waals surface area contributed by atoms with Crippen molar-refractivity contribution in [2.75, 3.05) is 6.61 Å². The van der Waals surface area contributed by atoms with Gasteiger partial charge in [0.05, 0.1) is 18.8 Å². The van der Waals surface area contributed by atoms with Crippen LogP contribution in [0.2, 0.25) is 37.8 Å². The van der Waals surface area contributed by atoms with Crippen LogP contribution in [0.4, 0.5) is 4.79 Å². The minimum atomic E-state index is -2.12. The molecule has 5 nitrogen and oxygen atoms in total. The fourth-order valence-electron chi connectivity index (χ4n) is 1.96. The fourth-order valence-corrected chi connectivity index (χ4v) is 3.94. The number of rotatable bonds is 6. The molecular weight excluding hydrogens is 374 g/mol. The van der Waals surface area contributed by atoms with E-state index in [2.05, 4.69) is 70.3 Å². The lowest BCUT2D eigenvalue weighted by atomic mass is 10.1. The van der Waals surface area contributed by atoms with Crippen molar-refractivity contribution in [2.24, 2.45) is 0 Å². The fraction of sp³-hybridized carbons (Fsp3) is 0.850. The highest BCUT2D eigenvalue weighted by Gasteiger charge is 2.41. The second-order valence-electron chi connectivity index (χ2n) is 10.6. The van der Waals surface area contributed by atoms with Gasteiger partial charge in [-0.25, -0.2) is 4.79 Å². The Kier molecular flexibility index (Phi) is 9.30. The molecule has 0 rings (SSSR count). The van der Waals surface area contributed by atoms with Gasteiger partial charge in [-0.1, -0.05) is 40.4 Å². The summed E-state index contributed by atoms with van der Waals surface area (Å²) in [4.78, 5) is 12.3. The topological polar surface area (TPSA) is 67.8 Å². The van der Waals surface area contributed by atoms with Crippen LogP contribution in [0.1, 0.15) is 48.0 Å². The van der Waals surface area contributed by atoms with Crippen molar-refractivity contribution >= 4 is 22.5 Å². The van der Waals surface area contributed by atoms with Crippen molar-refractivity contribution < 1.29 is 19.1 Å². The lowest BCUT2D eigenvalue weighted by Gasteiger charge is -2.40. The van der Waals surface area contributed by atoms with Crippen LogP contribution in [0.5, 0.6) is 0 Å². The highest BCUT2D eigenvalue weighted by molar-refractivity contribution is 6.83. The van der Waals surface area contributed by atoms with Crippen LogP contribution >= 0.6 is 0 Å². The number of alkyl carbamates (subject to hydrolysis) is 1. The Bertz CT molecular complexity index is 546. The van der Waals surface area contributed by atoms with E-state index in [-0.39, 0.29) is 11.6 Å². The Labute approximate surface area is 168 Å². The predicted octanol–water partition coefficient (Wildman–Crippen LogP) is 4.53. The molecule has 0 aliphatic heterocycles. The van der Waals surface area contributed by atoms with E-state index < -0.39 is 40.2 Å². The summed E-state index contributed by atoms with van der Waals surface area (Å²) in [6.45, 7) is 22.5. The molecule has 0 heterocycles. The van der Waals surface area contributed by atoms with Gasteiger partial charge in [-0.2, -0.15) is 0 Å². The molecule has 0 unspecified atom stereocenters. The molecule has 0 fully saturated rings. The van der Waals surface area contributed by atoms with Gasteiger partial charge in [0.2, 0.25) is 0 Å². The quantitative estimate of drug-likeness (QED) is 0.494.